The van der Waals surface area contributed by atoms with Crippen LogP contribution >= 0.6 is 23.5 Å². The van der Waals surface area contributed by atoms with E-state index in [-0.39, 0.29) is 5.70 Å². The Bertz CT molecular complexity index is 1080. The molecule has 168 valence electrons. The Balaban J connectivity index is 1.46. The number of rotatable bonds is 8. The Morgan fingerprint density at radius 2 is 2.25 bits per heavy atom. The molecule has 14 heteroatoms. The lowest BCUT2D eigenvalue weighted by molar-refractivity contribution is -0.150. The number of hydrogen-bond donors (Lipinski definition) is 4. The van der Waals surface area contributed by atoms with Gasteiger partial charge in [0.2, 0.25) is 11.1 Å². The largest absolute Gasteiger partial charge is 0.496 e. The molecule has 5 N–H and O–H groups in total. The van der Waals surface area contributed by atoms with Crippen molar-refractivity contribution in [3.05, 3.63) is 41.1 Å². The zero-order chi connectivity index (χ0) is 22.8. The molecule has 3 atom stereocenters. The van der Waals surface area contributed by atoms with Gasteiger partial charge in [-0.15, -0.1) is 22.0 Å². The third-order valence-electron chi connectivity index (χ3n) is 5.01. The van der Waals surface area contributed by atoms with Gasteiger partial charge >= 0.3 is 5.97 Å². The summed E-state index contributed by atoms with van der Waals surface area (Å²) in [4.78, 5) is 38.6. The van der Waals surface area contributed by atoms with E-state index >= 15 is 0 Å². The molecule has 2 aliphatic heterocycles. The standard InChI is InChI=1S/C18H19N7O5S2/c1-30-10-5-3-2-4-9(10)11(19)14(26)20-12-15(27)25-13(17(28)29)8(6-31-16(12)25)7-32-18-21-23-24-22-18/h2-5,11-12,16H,6-7,19H2,1H3,(H,20,26)(H,28,29)(H,21,22,23,24)/t11?,12?,16-/m1/s1. The van der Waals surface area contributed by atoms with E-state index in [1.807, 2.05) is 0 Å². The number of ether oxygens (including phenoxy) is 1. The Hall–Kier alpha value is -3.10. The van der Waals surface area contributed by atoms with Crippen LogP contribution in [-0.4, -0.2) is 78.4 Å². The summed E-state index contributed by atoms with van der Waals surface area (Å²) in [6, 6.07) is 4.94. The van der Waals surface area contributed by atoms with Crippen molar-refractivity contribution in [2.24, 2.45) is 5.73 Å². The highest BCUT2D eigenvalue weighted by molar-refractivity contribution is 8.01. The molecule has 1 fully saturated rings. The number of fused-ring (bicyclic) bond motifs is 1. The first-order chi connectivity index (χ1) is 15.4. The normalized spacial score (nSPS) is 20.9. The van der Waals surface area contributed by atoms with Gasteiger partial charge < -0.3 is 20.9 Å². The van der Waals surface area contributed by atoms with Crippen molar-refractivity contribution >= 4 is 41.3 Å². The van der Waals surface area contributed by atoms with Crippen molar-refractivity contribution in [1.82, 2.24) is 30.8 Å². The summed E-state index contributed by atoms with van der Waals surface area (Å²) in [6.07, 6.45) is 0. The number of carbonyl (C=O) groups is 3. The molecule has 2 amide bonds. The third kappa shape index (κ3) is 4.03. The summed E-state index contributed by atoms with van der Waals surface area (Å²) < 4.78 is 5.24. The number of benzene rings is 1. The lowest BCUT2D eigenvalue weighted by Crippen LogP contribution is -2.71. The number of carboxylic acids is 1. The second kappa shape index (κ2) is 9.18. The maximum Gasteiger partial charge on any atom is 0.352 e. The van der Waals surface area contributed by atoms with Gasteiger partial charge in [-0.2, -0.15) is 5.21 Å². The van der Waals surface area contributed by atoms with E-state index < -0.39 is 35.2 Å². The van der Waals surface area contributed by atoms with E-state index in [1.165, 1.54) is 35.5 Å². The van der Waals surface area contributed by atoms with Crippen LogP contribution in [-0.2, 0) is 14.4 Å². The highest BCUT2D eigenvalue weighted by Crippen LogP contribution is 2.41. The summed E-state index contributed by atoms with van der Waals surface area (Å²) in [5, 5.41) is 25.7. The van der Waals surface area contributed by atoms with E-state index in [0.717, 1.165) is 0 Å². The quantitative estimate of drug-likeness (QED) is 0.291. The minimum atomic E-state index is -1.21. The molecule has 0 spiro atoms. The van der Waals surface area contributed by atoms with Crippen LogP contribution < -0.4 is 15.8 Å². The molecule has 0 bridgehead atoms. The fourth-order valence-electron chi connectivity index (χ4n) is 3.47. The molecule has 1 aromatic carbocycles. The first-order valence-corrected chi connectivity index (χ1v) is 11.4. The zero-order valence-electron chi connectivity index (χ0n) is 16.7. The van der Waals surface area contributed by atoms with Gasteiger partial charge in [0, 0.05) is 17.1 Å². The number of aromatic nitrogens is 4. The lowest BCUT2D eigenvalue weighted by Gasteiger charge is -2.49. The number of aliphatic carboxylic acids is 1. The molecule has 3 heterocycles. The highest BCUT2D eigenvalue weighted by atomic mass is 32.2. The monoisotopic (exact) mass is 477 g/mol. The number of H-pyrrole nitrogens is 1. The van der Waals surface area contributed by atoms with Crippen LogP contribution in [0.15, 0.2) is 40.7 Å². The summed E-state index contributed by atoms with van der Waals surface area (Å²) >= 11 is 2.59. The molecule has 4 rings (SSSR count). The first-order valence-electron chi connectivity index (χ1n) is 9.37. The molecule has 0 aliphatic carbocycles. The Morgan fingerprint density at radius 1 is 1.47 bits per heavy atom. The number of amides is 2. The molecular weight excluding hydrogens is 458 g/mol. The van der Waals surface area contributed by atoms with Crippen molar-refractivity contribution in [2.75, 3.05) is 18.6 Å². The zero-order valence-corrected chi connectivity index (χ0v) is 18.4. The van der Waals surface area contributed by atoms with Gasteiger partial charge in [0.1, 0.15) is 28.9 Å². The third-order valence-corrected chi connectivity index (χ3v) is 7.27. The second-order valence-corrected chi connectivity index (χ2v) is 8.90. The molecule has 1 aromatic heterocycles. The minimum Gasteiger partial charge on any atom is -0.496 e. The number of tetrazole rings is 1. The number of thioether (sulfide) groups is 2. The van der Waals surface area contributed by atoms with Gasteiger partial charge in [-0.05, 0) is 16.9 Å². The Labute approximate surface area is 190 Å². The number of nitrogens with one attached hydrogen (secondary N) is 2. The molecule has 12 nitrogen and oxygen atoms in total. The van der Waals surface area contributed by atoms with Crippen LogP contribution in [0.25, 0.3) is 0 Å². The number of carbonyl (C=O) groups excluding carboxylic acids is 2. The van der Waals surface area contributed by atoms with Crippen LogP contribution in [0.5, 0.6) is 5.75 Å². The second-order valence-electron chi connectivity index (χ2n) is 6.86. The number of methoxy groups -OCH3 is 1. The SMILES string of the molecule is COc1ccccc1C(N)C(=O)NC1C(=O)N2C(C(=O)O)=C(CSc3nn[nH]n3)CS[C@H]12. The average Bonchev–Trinajstić information content (AvgIpc) is 3.33. The highest BCUT2D eigenvalue weighted by Gasteiger charge is 2.54. The molecule has 0 saturated carbocycles. The summed E-state index contributed by atoms with van der Waals surface area (Å²) in [7, 11) is 1.48. The summed E-state index contributed by atoms with van der Waals surface area (Å²) in [6.45, 7) is 0. The van der Waals surface area contributed by atoms with E-state index in [9.17, 15) is 19.5 Å². The molecule has 32 heavy (non-hydrogen) atoms. The van der Waals surface area contributed by atoms with Gasteiger partial charge in [-0.1, -0.05) is 30.0 Å². The molecule has 2 aromatic rings. The maximum absolute atomic E-state index is 12.8. The molecule has 1 saturated heterocycles. The van der Waals surface area contributed by atoms with Gasteiger partial charge in [-0.3, -0.25) is 14.5 Å². The number of nitrogens with zero attached hydrogens (tertiary/aromatic N) is 4. The van der Waals surface area contributed by atoms with Crippen molar-refractivity contribution < 1.29 is 24.2 Å². The summed E-state index contributed by atoms with van der Waals surface area (Å²) in [5.41, 5.74) is 7.07. The maximum atomic E-state index is 12.8. The van der Waals surface area contributed by atoms with E-state index in [2.05, 4.69) is 25.9 Å². The fraction of sp³-hybridized carbons (Fsp3) is 0.333. The number of carboxylic acid groups (broad SMARTS) is 1. The fourth-order valence-corrected chi connectivity index (χ4v) is 5.69. The average molecular weight is 478 g/mol. The van der Waals surface area contributed by atoms with Crippen LogP contribution in [0.2, 0.25) is 0 Å². The number of para-hydroxylation sites is 1. The van der Waals surface area contributed by atoms with Crippen molar-refractivity contribution in [2.45, 2.75) is 22.6 Å². The van der Waals surface area contributed by atoms with Gasteiger partial charge in [-0.25, -0.2) is 4.79 Å². The van der Waals surface area contributed by atoms with E-state index in [1.54, 1.807) is 24.3 Å². The van der Waals surface area contributed by atoms with E-state index in [0.29, 0.717) is 33.5 Å². The topological polar surface area (TPSA) is 176 Å². The van der Waals surface area contributed by atoms with Crippen molar-refractivity contribution in [3.63, 3.8) is 0 Å². The lowest BCUT2D eigenvalue weighted by atomic mass is 10.0. The molecule has 2 aliphatic rings. The van der Waals surface area contributed by atoms with Crippen molar-refractivity contribution in [1.29, 1.82) is 0 Å². The van der Waals surface area contributed by atoms with E-state index in [4.69, 9.17) is 10.5 Å². The number of nitrogens with two attached hydrogens (primary N) is 1. The Morgan fingerprint density at radius 3 is 2.94 bits per heavy atom. The van der Waals surface area contributed by atoms with Crippen molar-refractivity contribution in [3.8, 4) is 5.75 Å². The van der Waals surface area contributed by atoms with Gasteiger partial charge in [0.25, 0.3) is 5.91 Å². The van der Waals surface area contributed by atoms with Crippen LogP contribution in [0.3, 0.4) is 0 Å². The predicted molar refractivity (Wildman–Crippen MR) is 115 cm³/mol. The predicted octanol–water partition coefficient (Wildman–Crippen LogP) is -0.261. The smallest absolute Gasteiger partial charge is 0.352 e. The number of aromatic amines is 1. The van der Waals surface area contributed by atoms with Gasteiger partial charge in [0.15, 0.2) is 0 Å². The van der Waals surface area contributed by atoms with Crippen LogP contribution in [0, 0.1) is 0 Å². The van der Waals surface area contributed by atoms with Crippen LogP contribution in [0.1, 0.15) is 11.6 Å². The van der Waals surface area contributed by atoms with Crippen LogP contribution in [0.4, 0.5) is 0 Å². The molecular formula is C18H19N7O5S2. The Kier molecular flexibility index (Phi) is 6.34. The van der Waals surface area contributed by atoms with Gasteiger partial charge in [0.05, 0.1) is 7.11 Å². The molecule has 0 radical (unpaired) electrons. The minimum absolute atomic E-state index is 0.0747. The summed E-state index contributed by atoms with van der Waals surface area (Å²) in [5.74, 6) is -1.12. The number of β-lactam (4-membered cyclic amide) rings is 1. The first kappa shape index (κ1) is 22.1. The number of hydrogen-bond acceptors (Lipinski definition) is 10. The molecule has 2 unspecified atom stereocenters.